The molecule has 3 atom stereocenters. The summed E-state index contributed by atoms with van der Waals surface area (Å²) in [6.45, 7) is 4.50. The molecule has 0 radical (unpaired) electrons. The van der Waals surface area contributed by atoms with Crippen molar-refractivity contribution in [2.75, 3.05) is 47.5 Å². The molecule has 0 N–H and O–H groups in total. The van der Waals surface area contributed by atoms with Crippen LogP contribution in [0.15, 0.2) is 30.3 Å². The van der Waals surface area contributed by atoms with Gasteiger partial charge in [-0.3, -0.25) is 4.57 Å². The van der Waals surface area contributed by atoms with E-state index in [0.29, 0.717) is 17.6 Å². The van der Waals surface area contributed by atoms with E-state index in [2.05, 4.69) is 0 Å². The summed E-state index contributed by atoms with van der Waals surface area (Å²) in [5.74, 6) is -0.733. The Kier molecular flexibility index (Phi) is 8.19. The zero-order valence-corrected chi connectivity index (χ0v) is 18.2. The fraction of sp³-hybridized carbons (Fsp3) is 0.684. The third-order valence-corrected chi connectivity index (χ3v) is 4.91. The van der Waals surface area contributed by atoms with Crippen LogP contribution in [0, 0.1) is 0 Å². The molecule has 28 heavy (non-hydrogen) atoms. The second kappa shape index (κ2) is 9.78. The summed E-state index contributed by atoms with van der Waals surface area (Å²) in [6.07, 6.45) is -0.853. The highest BCUT2D eigenvalue weighted by Gasteiger charge is 2.33. The van der Waals surface area contributed by atoms with Gasteiger partial charge in [-0.25, -0.2) is 0 Å². The van der Waals surface area contributed by atoms with Gasteiger partial charge >= 0.3 is 0 Å². The van der Waals surface area contributed by atoms with Gasteiger partial charge in [-0.15, -0.1) is 0 Å². The van der Waals surface area contributed by atoms with Crippen molar-refractivity contribution in [2.24, 2.45) is 0 Å². The van der Waals surface area contributed by atoms with Gasteiger partial charge < -0.3 is 32.6 Å². The molecule has 9 heteroatoms. The molecule has 1 aromatic carbocycles. The van der Waals surface area contributed by atoms with Gasteiger partial charge in [-0.1, -0.05) is 30.3 Å². The Balaban J connectivity index is 1.83. The van der Waals surface area contributed by atoms with Crippen molar-refractivity contribution in [1.29, 1.82) is 0 Å². The summed E-state index contributed by atoms with van der Waals surface area (Å²) in [4.78, 5) is 12.1. The number of phosphoric ester groups is 1. The molecule has 1 aliphatic rings. The quantitative estimate of drug-likeness (QED) is 0.402. The first-order chi connectivity index (χ1) is 12.9. The van der Waals surface area contributed by atoms with E-state index < -0.39 is 25.8 Å². The van der Waals surface area contributed by atoms with E-state index in [1.807, 2.05) is 51.5 Å². The number of likely N-dealkylation sites (N-methyl/N-ethyl adjacent to an activating group) is 1. The Hall–Kier alpha value is -0.830. The Labute approximate surface area is 167 Å². The van der Waals surface area contributed by atoms with Gasteiger partial charge in [0.25, 0.3) is 7.82 Å². The number of quaternary nitrogens is 1. The monoisotopic (exact) mass is 417 g/mol. The fourth-order valence-corrected chi connectivity index (χ4v) is 3.56. The van der Waals surface area contributed by atoms with Crippen LogP contribution in [0.25, 0.3) is 0 Å². The zero-order valence-electron chi connectivity index (χ0n) is 17.3. The number of benzene rings is 1. The van der Waals surface area contributed by atoms with Gasteiger partial charge in [0.05, 0.1) is 47.6 Å². The summed E-state index contributed by atoms with van der Waals surface area (Å²) >= 11 is 0. The number of hydrogen-bond acceptors (Lipinski definition) is 7. The number of ether oxygens (including phenoxy) is 3. The molecule has 0 aliphatic carbocycles. The molecule has 1 aromatic rings. The van der Waals surface area contributed by atoms with Crippen LogP contribution in [0.4, 0.5) is 0 Å². The second-order valence-electron chi connectivity index (χ2n) is 8.38. The van der Waals surface area contributed by atoms with E-state index in [-0.39, 0.29) is 19.8 Å². The summed E-state index contributed by atoms with van der Waals surface area (Å²) in [7, 11) is 1.54. The van der Waals surface area contributed by atoms with E-state index in [1.165, 1.54) is 0 Å². The maximum absolute atomic E-state index is 12.1. The number of hydrogen-bond donors (Lipinski definition) is 0. The Morgan fingerprint density at radius 1 is 1.25 bits per heavy atom. The average molecular weight is 417 g/mol. The van der Waals surface area contributed by atoms with Crippen molar-refractivity contribution in [2.45, 2.75) is 38.4 Å². The minimum Gasteiger partial charge on any atom is -0.756 e. The van der Waals surface area contributed by atoms with Crippen molar-refractivity contribution in [3.05, 3.63) is 35.9 Å². The molecule has 160 valence electrons. The maximum Gasteiger partial charge on any atom is 0.268 e. The molecular weight excluding hydrogens is 385 g/mol. The van der Waals surface area contributed by atoms with Crippen molar-refractivity contribution in [1.82, 2.24) is 0 Å². The lowest BCUT2D eigenvalue weighted by Gasteiger charge is -2.31. The Morgan fingerprint density at radius 2 is 1.93 bits per heavy atom. The average Bonchev–Trinajstić information content (AvgIpc) is 2.95. The molecule has 1 heterocycles. The van der Waals surface area contributed by atoms with Gasteiger partial charge in [0.2, 0.25) is 0 Å². The van der Waals surface area contributed by atoms with Gasteiger partial charge in [0, 0.05) is 0 Å². The summed E-state index contributed by atoms with van der Waals surface area (Å²) in [6, 6.07) is 9.70. The number of phosphoric acid groups is 1. The summed E-state index contributed by atoms with van der Waals surface area (Å²) < 4.78 is 39.6. The van der Waals surface area contributed by atoms with Crippen LogP contribution in [0.1, 0.15) is 19.4 Å². The predicted octanol–water partition coefficient (Wildman–Crippen LogP) is 1.93. The first-order valence-corrected chi connectivity index (χ1v) is 10.8. The first kappa shape index (κ1) is 23.4. The molecule has 0 spiro atoms. The molecule has 1 fully saturated rings. The van der Waals surface area contributed by atoms with Crippen LogP contribution in [-0.2, 0) is 34.4 Å². The van der Waals surface area contributed by atoms with Crippen LogP contribution in [-0.4, -0.2) is 70.0 Å². The highest BCUT2D eigenvalue weighted by Crippen LogP contribution is 2.39. The highest BCUT2D eigenvalue weighted by atomic mass is 31.2. The van der Waals surface area contributed by atoms with Crippen molar-refractivity contribution in [3.8, 4) is 0 Å². The standard InChI is InChI=1S/C19H32NO7P/c1-19(2)24-13-18(27-19)15-26-28(21,22)25-14-17(11-20(3,4)5)23-12-16-9-7-6-8-10-16/h6-10,17-18H,11-15H2,1-5H3. The lowest BCUT2D eigenvalue weighted by atomic mass is 10.2. The number of rotatable bonds is 11. The van der Waals surface area contributed by atoms with E-state index in [9.17, 15) is 9.46 Å². The molecule has 0 bridgehead atoms. The third-order valence-electron chi connectivity index (χ3n) is 3.98. The largest absolute Gasteiger partial charge is 0.756 e. The van der Waals surface area contributed by atoms with Crippen molar-refractivity contribution >= 4 is 7.82 Å². The minimum absolute atomic E-state index is 0.114. The molecule has 0 amide bonds. The fourth-order valence-electron chi connectivity index (χ4n) is 2.78. The third kappa shape index (κ3) is 9.11. The lowest BCUT2D eigenvalue weighted by Crippen LogP contribution is -2.44. The molecule has 0 saturated carbocycles. The number of nitrogens with zero attached hydrogens (tertiary/aromatic N) is 1. The van der Waals surface area contributed by atoms with Crippen LogP contribution in [0.5, 0.6) is 0 Å². The van der Waals surface area contributed by atoms with Gasteiger partial charge in [0.1, 0.15) is 18.8 Å². The van der Waals surface area contributed by atoms with Crippen LogP contribution >= 0.6 is 7.82 Å². The van der Waals surface area contributed by atoms with Crippen LogP contribution in [0.2, 0.25) is 0 Å². The van der Waals surface area contributed by atoms with Crippen LogP contribution < -0.4 is 4.89 Å². The molecule has 1 saturated heterocycles. The topological polar surface area (TPSA) is 86.3 Å². The van der Waals surface area contributed by atoms with E-state index in [1.54, 1.807) is 13.8 Å². The van der Waals surface area contributed by atoms with E-state index in [0.717, 1.165) is 5.56 Å². The summed E-state index contributed by atoms with van der Waals surface area (Å²) in [5.41, 5.74) is 1.01. The minimum atomic E-state index is -4.47. The van der Waals surface area contributed by atoms with Gasteiger partial charge in [-0.05, 0) is 19.4 Å². The lowest BCUT2D eigenvalue weighted by molar-refractivity contribution is -0.873. The smallest absolute Gasteiger partial charge is 0.268 e. The molecule has 2 rings (SSSR count). The molecule has 8 nitrogen and oxygen atoms in total. The summed E-state index contributed by atoms with van der Waals surface area (Å²) in [5, 5.41) is 0. The molecular formula is C19H32NO7P. The normalized spacial score (nSPS) is 22.7. The molecule has 1 aliphatic heterocycles. The van der Waals surface area contributed by atoms with Crippen molar-refractivity contribution < 1.29 is 37.2 Å². The SMILES string of the molecule is CC1(C)OCC(COP(=O)([O-])OCC(C[N+](C)(C)C)OCc2ccccc2)O1. The second-order valence-corrected chi connectivity index (χ2v) is 9.79. The first-order valence-electron chi connectivity index (χ1n) is 9.32. The van der Waals surface area contributed by atoms with Gasteiger partial charge in [0.15, 0.2) is 5.79 Å². The predicted molar refractivity (Wildman–Crippen MR) is 102 cm³/mol. The van der Waals surface area contributed by atoms with Crippen LogP contribution in [0.3, 0.4) is 0 Å². The van der Waals surface area contributed by atoms with Gasteiger partial charge in [-0.2, -0.15) is 0 Å². The maximum atomic E-state index is 12.1. The van der Waals surface area contributed by atoms with Crippen molar-refractivity contribution in [3.63, 3.8) is 0 Å². The molecule has 3 unspecified atom stereocenters. The Bertz CT molecular complexity index is 647. The van der Waals surface area contributed by atoms with E-state index in [4.69, 9.17) is 23.3 Å². The highest BCUT2D eigenvalue weighted by molar-refractivity contribution is 7.45. The Morgan fingerprint density at radius 3 is 2.50 bits per heavy atom. The molecule has 0 aromatic heterocycles. The zero-order chi connectivity index (χ0) is 20.8. The van der Waals surface area contributed by atoms with E-state index >= 15 is 0 Å².